The molecule has 1 aliphatic rings. The second-order valence-electron chi connectivity index (χ2n) is 6.57. The Balaban J connectivity index is 1.99. The number of methoxy groups -OCH3 is 1. The van der Waals surface area contributed by atoms with Gasteiger partial charge in [-0.15, -0.1) is 0 Å². The van der Waals surface area contributed by atoms with Crippen molar-refractivity contribution in [2.75, 3.05) is 27.3 Å². The number of amides is 2. The van der Waals surface area contributed by atoms with Crippen molar-refractivity contribution < 1.29 is 14.3 Å². The third kappa shape index (κ3) is 3.93. The van der Waals surface area contributed by atoms with Crippen LogP contribution >= 0.6 is 12.2 Å². The zero-order valence-electron chi connectivity index (χ0n) is 16.2. The molecule has 0 radical (unpaired) electrons. The maximum absolute atomic E-state index is 12.3. The number of nitrogens with zero attached hydrogens (tertiary/aromatic N) is 2. The van der Waals surface area contributed by atoms with Gasteiger partial charge in [0.1, 0.15) is 12.2 Å². The van der Waals surface area contributed by atoms with Gasteiger partial charge in [0.15, 0.2) is 5.11 Å². The Bertz CT molecular complexity index is 964. The molecule has 0 unspecified atom stereocenters. The first-order valence-electron chi connectivity index (χ1n) is 9.13. The topological polar surface area (TPSA) is 75.6 Å². The predicted molar refractivity (Wildman–Crippen MR) is 113 cm³/mol. The molecule has 1 saturated heterocycles. The number of rotatable bonds is 7. The average molecular weight is 401 g/mol. The lowest BCUT2D eigenvalue weighted by atomic mass is 10.1. The van der Waals surface area contributed by atoms with Crippen molar-refractivity contribution in [2.24, 2.45) is 0 Å². The summed E-state index contributed by atoms with van der Waals surface area (Å²) < 4.78 is 6.91. The summed E-state index contributed by atoms with van der Waals surface area (Å²) in [6, 6.07) is 6.05. The normalized spacial score (nSPS) is 15.5. The van der Waals surface area contributed by atoms with Crippen LogP contribution in [0.1, 0.15) is 18.1 Å². The molecule has 0 spiro atoms. The van der Waals surface area contributed by atoms with Crippen LogP contribution in [-0.2, 0) is 27.3 Å². The minimum atomic E-state index is -0.171. The van der Waals surface area contributed by atoms with Gasteiger partial charge < -0.3 is 19.9 Å². The van der Waals surface area contributed by atoms with Crippen LogP contribution in [0.25, 0.3) is 17.0 Å². The quantitative estimate of drug-likeness (QED) is 0.420. The Morgan fingerprint density at radius 1 is 1.39 bits per heavy atom. The first-order valence-corrected chi connectivity index (χ1v) is 9.54. The third-order valence-corrected chi connectivity index (χ3v) is 5.09. The fourth-order valence-corrected chi connectivity index (χ4v) is 3.47. The van der Waals surface area contributed by atoms with Crippen molar-refractivity contribution in [3.63, 3.8) is 0 Å². The highest BCUT2D eigenvalue weighted by Gasteiger charge is 2.27. The van der Waals surface area contributed by atoms with Crippen molar-refractivity contribution in [2.45, 2.75) is 19.9 Å². The van der Waals surface area contributed by atoms with Crippen LogP contribution in [0.4, 0.5) is 0 Å². The molecule has 0 aliphatic carbocycles. The number of aryl methyl sites for hydroxylation is 1. The van der Waals surface area contributed by atoms with Gasteiger partial charge in [-0.3, -0.25) is 14.5 Å². The van der Waals surface area contributed by atoms with Crippen molar-refractivity contribution in [1.29, 1.82) is 0 Å². The standard InChI is InChI=1S/C20H24N4O3S/c1-4-13-6-5-7-15-14(10-16-19(26)23(2)20(28)22-16)11-24(18(13)15)12-17(25)21-8-9-27-3/h5-7,10-11H,4,8-9,12H2,1-3H3,(H,21,25)(H,22,28)/b16-10+. The number of fused-ring (bicyclic) bond motifs is 1. The Labute approximate surface area is 169 Å². The molecule has 7 nitrogen and oxygen atoms in total. The lowest BCUT2D eigenvalue weighted by Crippen LogP contribution is -2.30. The van der Waals surface area contributed by atoms with Crippen molar-refractivity contribution in [3.8, 4) is 0 Å². The van der Waals surface area contributed by atoms with E-state index in [4.69, 9.17) is 17.0 Å². The number of benzene rings is 1. The molecule has 0 atom stereocenters. The van der Waals surface area contributed by atoms with Crippen LogP contribution in [0.2, 0.25) is 0 Å². The number of aromatic nitrogens is 1. The first-order chi connectivity index (χ1) is 13.5. The number of para-hydroxylation sites is 1. The Morgan fingerprint density at radius 3 is 2.82 bits per heavy atom. The lowest BCUT2D eigenvalue weighted by Gasteiger charge is -2.09. The van der Waals surface area contributed by atoms with Crippen molar-refractivity contribution in [3.05, 3.63) is 41.2 Å². The molecule has 2 N–H and O–H groups in total. The largest absolute Gasteiger partial charge is 0.383 e. The highest BCUT2D eigenvalue weighted by Crippen LogP contribution is 2.27. The average Bonchev–Trinajstić information content (AvgIpc) is 3.14. The molecule has 3 rings (SSSR count). The highest BCUT2D eigenvalue weighted by atomic mass is 32.1. The molecule has 0 bridgehead atoms. The number of hydrogen-bond donors (Lipinski definition) is 2. The molecule has 0 saturated carbocycles. The number of likely N-dealkylation sites (N-methyl/N-ethyl adjacent to an activating group) is 1. The fourth-order valence-electron chi connectivity index (χ4n) is 3.27. The molecule has 2 aromatic rings. The van der Waals surface area contributed by atoms with Gasteiger partial charge in [0.05, 0.1) is 12.1 Å². The van der Waals surface area contributed by atoms with Gasteiger partial charge in [0.25, 0.3) is 5.91 Å². The van der Waals surface area contributed by atoms with Crippen LogP contribution in [0, 0.1) is 0 Å². The Morgan fingerprint density at radius 2 is 2.18 bits per heavy atom. The van der Waals surface area contributed by atoms with Crippen LogP contribution in [0.3, 0.4) is 0 Å². The van der Waals surface area contributed by atoms with Crippen molar-refractivity contribution in [1.82, 2.24) is 20.1 Å². The maximum atomic E-state index is 12.3. The molecule has 148 valence electrons. The third-order valence-electron chi connectivity index (χ3n) is 4.72. The molecular weight excluding hydrogens is 376 g/mol. The van der Waals surface area contributed by atoms with E-state index in [1.54, 1.807) is 20.2 Å². The molecule has 1 aromatic heterocycles. The number of nitrogens with one attached hydrogen (secondary N) is 2. The van der Waals surface area contributed by atoms with Gasteiger partial charge in [-0.25, -0.2) is 0 Å². The molecule has 1 aliphatic heterocycles. The molecule has 2 heterocycles. The van der Waals surface area contributed by atoms with E-state index in [1.807, 2.05) is 22.9 Å². The summed E-state index contributed by atoms with van der Waals surface area (Å²) in [7, 11) is 3.24. The van der Waals surface area contributed by atoms with E-state index in [0.717, 1.165) is 28.5 Å². The van der Waals surface area contributed by atoms with Crippen LogP contribution in [0.15, 0.2) is 30.1 Å². The second kappa shape index (κ2) is 8.53. The highest BCUT2D eigenvalue weighted by molar-refractivity contribution is 7.80. The second-order valence-corrected chi connectivity index (χ2v) is 6.96. The fraction of sp³-hybridized carbons (Fsp3) is 0.350. The summed E-state index contributed by atoms with van der Waals surface area (Å²) in [6.45, 7) is 3.21. The van der Waals surface area contributed by atoms with Gasteiger partial charge in [-0.2, -0.15) is 0 Å². The number of carbonyl (C=O) groups excluding carboxylic acids is 2. The molecule has 28 heavy (non-hydrogen) atoms. The van der Waals surface area contributed by atoms with Crippen LogP contribution in [0.5, 0.6) is 0 Å². The summed E-state index contributed by atoms with van der Waals surface area (Å²) in [4.78, 5) is 26.1. The van der Waals surface area contributed by atoms with Gasteiger partial charge in [0, 0.05) is 37.8 Å². The van der Waals surface area contributed by atoms with Crippen molar-refractivity contribution >= 4 is 46.1 Å². The van der Waals surface area contributed by atoms with E-state index >= 15 is 0 Å². The monoisotopic (exact) mass is 400 g/mol. The van der Waals surface area contributed by atoms with Gasteiger partial charge >= 0.3 is 0 Å². The van der Waals surface area contributed by atoms with E-state index in [1.165, 1.54) is 4.90 Å². The Hall–Kier alpha value is -2.71. The first kappa shape index (κ1) is 20.0. The van der Waals surface area contributed by atoms with Gasteiger partial charge in [-0.1, -0.05) is 25.1 Å². The zero-order valence-corrected chi connectivity index (χ0v) is 17.1. The molecule has 1 aromatic carbocycles. The van der Waals surface area contributed by atoms with E-state index < -0.39 is 0 Å². The summed E-state index contributed by atoms with van der Waals surface area (Å²) >= 11 is 5.15. The summed E-state index contributed by atoms with van der Waals surface area (Å²) in [5.74, 6) is -0.259. The van der Waals surface area contributed by atoms with E-state index in [-0.39, 0.29) is 18.4 Å². The maximum Gasteiger partial charge on any atom is 0.276 e. The van der Waals surface area contributed by atoms with Crippen LogP contribution < -0.4 is 10.6 Å². The van der Waals surface area contributed by atoms with E-state index in [2.05, 4.69) is 23.6 Å². The van der Waals surface area contributed by atoms with E-state index in [0.29, 0.717) is 24.0 Å². The number of ether oxygens (including phenoxy) is 1. The smallest absolute Gasteiger partial charge is 0.276 e. The molecule has 2 amide bonds. The van der Waals surface area contributed by atoms with E-state index in [9.17, 15) is 9.59 Å². The summed E-state index contributed by atoms with van der Waals surface area (Å²) in [5.41, 5.74) is 3.44. The minimum absolute atomic E-state index is 0.0879. The minimum Gasteiger partial charge on any atom is -0.383 e. The number of thiocarbonyl (C=S) groups is 1. The SMILES string of the molecule is CCc1cccc2c(/C=C3/NC(=S)N(C)C3=O)cn(CC(=O)NCCOC)c12. The molecule has 8 heteroatoms. The van der Waals surface area contributed by atoms with Gasteiger partial charge in [-0.05, 0) is 30.3 Å². The Kier molecular flexibility index (Phi) is 6.11. The zero-order chi connectivity index (χ0) is 20.3. The summed E-state index contributed by atoms with van der Waals surface area (Å²) in [5, 5.41) is 7.16. The lowest BCUT2D eigenvalue weighted by molar-refractivity contribution is -0.122. The molecule has 1 fully saturated rings. The van der Waals surface area contributed by atoms with Crippen LogP contribution in [-0.4, -0.2) is 53.7 Å². The summed E-state index contributed by atoms with van der Waals surface area (Å²) in [6.07, 6.45) is 4.54. The number of carbonyl (C=O) groups is 2. The number of hydrogen-bond acceptors (Lipinski definition) is 4. The predicted octanol–water partition coefficient (Wildman–Crippen LogP) is 1.65. The molecular formula is C20H24N4O3S. The van der Waals surface area contributed by atoms with Gasteiger partial charge in [0.2, 0.25) is 5.91 Å².